The van der Waals surface area contributed by atoms with Crippen LogP contribution in [0.15, 0.2) is 35.2 Å². The lowest BCUT2D eigenvalue weighted by Gasteiger charge is -2.17. The monoisotopic (exact) mass is 347 g/mol. The zero-order chi connectivity index (χ0) is 15.0. The molecule has 0 bridgehead atoms. The van der Waals surface area contributed by atoms with Crippen molar-refractivity contribution in [1.82, 2.24) is 9.55 Å². The fourth-order valence-corrected chi connectivity index (χ4v) is 3.08. The fraction of sp³-hybridized carbons (Fsp3) is 0.267. The predicted octanol–water partition coefficient (Wildman–Crippen LogP) is 2.79. The van der Waals surface area contributed by atoms with Crippen LogP contribution in [0, 0.1) is 0 Å². The van der Waals surface area contributed by atoms with Gasteiger partial charge in [-0.15, -0.1) is 0 Å². The second-order valence-corrected chi connectivity index (χ2v) is 5.79. The Labute approximate surface area is 130 Å². The summed E-state index contributed by atoms with van der Waals surface area (Å²) in [6.07, 6.45) is 4.48. The van der Waals surface area contributed by atoms with Crippen molar-refractivity contribution < 1.29 is 9.59 Å². The molecule has 0 aliphatic carbocycles. The highest BCUT2D eigenvalue weighted by atomic mass is 79.9. The molecule has 0 saturated heterocycles. The predicted molar refractivity (Wildman–Crippen MR) is 82.2 cm³/mol. The van der Waals surface area contributed by atoms with Gasteiger partial charge in [0.15, 0.2) is 0 Å². The van der Waals surface area contributed by atoms with Crippen molar-refractivity contribution in [3.8, 4) is 0 Å². The Morgan fingerprint density at radius 1 is 1.29 bits per heavy atom. The molecule has 0 saturated carbocycles. The average Bonchev–Trinajstić information content (AvgIpc) is 2.99. The number of fused-ring (bicyclic) bond motifs is 1. The highest BCUT2D eigenvalue weighted by molar-refractivity contribution is 9.10. The summed E-state index contributed by atoms with van der Waals surface area (Å²) in [5, 5.41) is 0. The lowest BCUT2D eigenvalue weighted by Crippen LogP contribution is -2.30. The van der Waals surface area contributed by atoms with Crippen LogP contribution in [0.3, 0.4) is 0 Å². The second kappa shape index (κ2) is 5.44. The summed E-state index contributed by atoms with van der Waals surface area (Å²) in [6, 6.07) is 5.39. The zero-order valence-electron chi connectivity index (χ0n) is 11.5. The van der Waals surface area contributed by atoms with E-state index in [1.54, 1.807) is 24.7 Å². The molecule has 3 rings (SSSR count). The van der Waals surface area contributed by atoms with E-state index in [0.717, 1.165) is 18.7 Å². The number of halogens is 1. The van der Waals surface area contributed by atoms with Gasteiger partial charge in [-0.1, -0.05) is 13.0 Å². The number of rotatable bonds is 4. The number of hydrogen-bond acceptors (Lipinski definition) is 3. The number of hydrogen-bond donors (Lipinski definition) is 0. The number of amides is 1. The molecule has 0 spiro atoms. The number of ketones is 1. The first-order valence-electron chi connectivity index (χ1n) is 6.77. The van der Waals surface area contributed by atoms with Crippen molar-refractivity contribution >= 4 is 33.3 Å². The third-order valence-corrected chi connectivity index (χ3v) is 4.19. The van der Waals surface area contributed by atoms with Crippen molar-refractivity contribution in [2.24, 2.45) is 0 Å². The lowest BCUT2D eigenvalue weighted by molar-refractivity contribution is -0.114. The molecule has 0 N–H and O–H groups in total. The summed E-state index contributed by atoms with van der Waals surface area (Å²) >= 11 is 3.34. The van der Waals surface area contributed by atoms with Crippen molar-refractivity contribution in [2.75, 3.05) is 4.90 Å². The van der Waals surface area contributed by atoms with Crippen LogP contribution in [0.4, 0.5) is 5.69 Å². The molecule has 0 fully saturated rings. The van der Waals surface area contributed by atoms with Crippen LogP contribution < -0.4 is 4.90 Å². The van der Waals surface area contributed by atoms with E-state index in [-0.39, 0.29) is 0 Å². The van der Waals surface area contributed by atoms with Crippen molar-refractivity contribution in [3.05, 3.63) is 46.5 Å². The van der Waals surface area contributed by atoms with Gasteiger partial charge < -0.3 is 4.57 Å². The van der Waals surface area contributed by atoms with E-state index in [0.29, 0.717) is 22.3 Å². The van der Waals surface area contributed by atoms with E-state index in [1.807, 2.05) is 10.6 Å². The van der Waals surface area contributed by atoms with Gasteiger partial charge in [0.25, 0.3) is 11.7 Å². The van der Waals surface area contributed by atoms with Gasteiger partial charge in [0.1, 0.15) is 0 Å². The highest BCUT2D eigenvalue weighted by Crippen LogP contribution is 2.35. The molecule has 0 unspecified atom stereocenters. The molecule has 5 nitrogen and oxygen atoms in total. The molecular formula is C15H14BrN3O2. The number of aromatic nitrogens is 2. The third kappa shape index (κ3) is 2.29. The second-order valence-electron chi connectivity index (χ2n) is 4.93. The fourth-order valence-electron chi connectivity index (χ4n) is 2.54. The third-order valence-electron chi connectivity index (χ3n) is 3.53. The summed E-state index contributed by atoms with van der Waals surface area (Å²) < 4.78 is 2.66. The topological polar surface area (TPSA) is 55.2 Å². The maximum atomic E-state index is 12.2. The molecule has 0 radical (unpaired) electrons. The van der Waals surface area contributed by atoms with Gasteiger partial charge in [0.05, 0.1) is 29.8 Å². The Bertz CT molecular complexity index is 723. The van der Waals surface area contributed by atoms with Crippen LogP contribution in [0.1, 0.15) is 29.4 Å². The van der Waals surface area contributed by atoms with E-state index in [4.69, 9.17) is 0 Å². The van der Waals surface area contributed by atoms with Crippen LogP contribution in [0.25, 0.3) is 0 Å². The number of Topliss-reactive ketones (excluding diaryl/α,β-unsaturated/α-hetero) is 1. The summed E-state index contributed by atoms with van der Waals surface area (Å²) in [5.41, 5.74) is 2.03. The average molecular weight is 348 g/mol. The largest absolute Gasteiger partial charge is 0.333 e. The minimum absolute atomic E-state index is 0.355. The highest BCUT2D eigenvalue weighted by Gasteiger charge is 2.37. The zero-order valence-corrected chi connectivity index (χ0v) is 13.1. The van der Waals surface area contributed by atoms with E-state index in [2.05, 4.69) is 27.8 Å². The normalized spacial score (nSPS) is 13.9. The Balaban J connectivity index is 1.97. The number of carbonyl (C=O) groups is 2. The van der Waals surface area contributed by atoms with E-state index < -0.39 is 11.7 Å². The van der Waals surface area contributed by atoms with Crippen molar-refractivity contribution in [2.45, 2.75) is 26.4 Å². The molecule has 0 atom stereocenters. The van der Waals surface area contributed by atoms with Crippen LogP contribution in [0.5, 0.6) is 0 Å². The first-order chi connectivity index (χ1) is 10.1. The number of carbonyl (C=O) groups excluding carboxylic acids is 2. The number of nitrogens with zero attached hydrogens (tertiary/aromatic N) is 3. The molecule has 2 heterocycles. The van der Waals surface area contributed by atoms with Crippen LogP contribution in [0.2, 0.25) is 0 Å². The smallest absolute Gasteiger partial charge is 0.299 e. The summed E-state index contributed by atoms with van der Waals surface area (Å²) in [4.78, 5) is 30.0. The van der Waals surface area contributed by atoms with Crippen molar-refractivity contribution in [3.63, 3.8) is 0 Å². The van der Waals surface area contributed by atoms with E-state index in [9.17, 15) is 9.59 Å². The molecular weight excluding hydrogens is 334 g/mol. The first kappa shape index (κ1) is 14.0. The Hall–Kier alpha value is -1.95. The Morgan fingerprint density at radius 2 is 2.10 bits per heavy atom. The summed E-state index contributed by atoms with van der Waals surface area (Å²) in [6.45, 7) is 3.28. The molecule has 1 aromatic heterocycles. The number of imidazole rings is 1. The quantitative estimate of drug-likeness (QED) is 0.799. The number of benzene rings is 1. The van der Waals surface area contributed by atoms with Gasteiger partial charge in [0, 0.05) is 17.2 Å². The van der Waals surface area contributed by atoms with Gasteiger partial charge in [-0.3, -0.25) is 14.5 Å². The summed E-state index contributed by atoms with van der Waals surface area (Å²) in [5.74, 6) is -0.944. The summed E-state index contributed by atoms with van der Waals surface area (Å²) in [7, 11) is 0. The molecule has 1 aromatic carbocycles. The molecule has 6 heteroatoms. The molecule has 1 aliphatic heterocycles. The standard InChI is InChI=1S/C15H14BrN3O2/c1-2-6-18-9-17-7-10(18)8-19-12-5-3-4-11(16)13(12)14(20)15(19)21/h3-5,7,9H,2,6,8H2,1H3. The Kier molecular flexibility index (Phi) is 3.63. The van der Waals surface area contributed by atoms with Crippen LogP contribution in [-0.2, 0) is 17.9 Å². The van der Waals surface area contributed by atoms with Gasteiger partial charge in [-0.2, -0.15) is 0 Å². The lowest BCUT2D eigenvalue weighted by atomic mass is 10.1. The molecule has 1 amide bonds. The molecule has 1 aliphatic rings. The van der Waals surface area contributed by atoms with Gasteiger partial charge >= 0.3 is 0 Å². The Morgan fingerprint density at radius 3 is 2.86 bits per heavy atom. The van der Waals surface area contributed by atoms with Crippen LogP contribution >= 0.6 is 15.9 Å². The van der Waals surface area contributed by atoms with E-state index >= 15 is 0 Å². The van der Waals surface area contributed by atoms with E-state index in [1.165, 1.54) is 4.90 Å². The molecule has 21 heavy (non-hydrogen) atoms. The van der Waals surface area contributed by atoms with Gasteiger partial charge in [-0.25, -0.2) is 4.98 Å². The van der Waals surface area contributed by atoms with Crippen LogP contribution in [-0.4, -0.2) is 21.2 Å². The SMILES string of the molecule is CCCn1cncc1CN1C(=O)C(=O)c2c(Br)cccc21. The van der Waals surface area contributed by atoms with Crippen molar-refractivity contribution in [1.29, 1.82) is 0 Å². The minimum atomic E-state index is -0.485. The minimum Gasteiger partial charge on any atom is -0.333 e. The maximum absolute atomic E-state index is 12.2. The number of aryl methyl sites for hydroxylation is 1. The maximum Gasteiger partial charge on any atom is 0.299 e. The molecule has 108 valence electrons. The molecule has 2 aromatic rings. The first-order valence-corrected chi connectivity index (χ1v) is 7.56. The number of anilines is 1. The van der Waals surface area contributed by atoms with Gasteiger partial charge in [-0.05, 0) is 34.5 Å². The van der Waals surface area contributed by atoms with Gasteiger partial charge in [0.2, 0.25) is 0 Å².